The van der Waals surface area contributed by atoms with Gasteiger partial charge >= 0.3 is 0 Å². The van der Waals surface area contributed by atoms with E-state index in [1.165, 1.54) is 43.6 Å². The zero-order chi connectivity index (χ0) is 10.2. The van der Waals surface area contributed by atoms with Crippen molar-refractivity contribution in [3.63, 3.8) is 0 Å². The fourth-order valence-electron chi connectivity index (χ4n) is 1.57. The van der Waals surface area contributed by atoms with Gasteiger partial charge in [0.2, 0.25) is 0 Å². The highest BCUT2D eigenvalue weighted by Crippen LogP contribution is 2.25. The lowest BCUT2D eigenvalue weighted by Crippen LogP contribution is -2.03. The van der Waals surface area contributed by atoms with Crippen LogP contribution in [0.1, 0.15) is 45.4 Å². The Kier molecular flexibility index (Phi) is 6.96. The van der Waals surface area contributed by atoms with E-state index in [9.17, 15) is 0 Å². The number of unbranched alkanes of at least 4 members (excludes halogenated alkanes) is 4. The van der Waals surface area contributed by atoms with E-state index in [-0.39, 0.29) is 0 Å². The van der Waals surface area contributed by atoms with Gasteiger partial charge in [0.1, 0.15) is 0 Å². The number of rotatable bonds is 7. The van der Waals surface area contributed by atoms with Crippen LogP contribution in [0, 0.1) is 0 Å². The Labute approximate surface area is 100 Å². The lowest BCUT2D eigenvalue weighted by Gasteiger charge is -2.03. The minimum Gasteiger partial charge on any atom is -0.282 e. The Morgan fingerprint density at radius 2 is 2.14 bits per heavy atom. The van der Waals surface area contributed by atoms with Crippen molar-refractivity contribution in [2.24, 2.45) is 4.99 Å². The second kappa shape index (κ2) is 7.75. The lowest BCUT2D eigenvalue weighted by atomic mass is 10.1. The van der Waals surface area contributed by atoms with Crippen molar-refractivity contribution < 1.29 is 0 Å². The number of halogens is 1. The fourth-order valence-corrected chi connectivity index (χ4v) is 3.18. The number of hydrogen-bond acceptors (Lipinski definition) is 2. The van der Waals surface area contributed by atoms with E-state index >= 15 is 0 Å². The minimum atomic E-state index is 0.709. The normalized spacial score (nSPS) is 21.3. The molecule has 3 heteroatoms. The number of thioether (sulfide) groups is 1. The minimum absolute atomic E-state index is 0.709. The van der Waals surface area contributed by atoms with E-state index in [1.807, 2.05) is 11.8 Å². The molecule has 14 heavy (non-hydrogen) atoms. The summed E-state index contributed by atoms with van der Waals surface area (Å²) >= 11 is 5.49. The van der Waals surface area contributed by atoms with Gasteiger partial charge in [-0.05, 0) is 12.8 Å². The molecule has 1 aliphatic heterocycles. The van der Waals surface area contributed by atoms with Crippen LogP contribution in [0.5, 0.6) is 0 Å². The van der Waals surface area contributed by atoms with Crippen LogP contribution < -0.4 is 0 Å². The lowest BCUT2D eigenvalue weighted by molar-refractivity contribution is 0.644. The summed E-state index contributed by atoms with van der Waals surface area (Å²) in [7, 11) is 0. The van der Waals surface area contributed by atoms with Gasteiger partial charge < -0.3 is 0 Å². The van der Waals surface area contributed by atoms with E-state index < -0.39 is 0 Å². The molecule has 0 spiro atoms. The summed E-state index contributed by atoms with van der Waals surface area (Å²) < 4.78 is 0. The molecule has 1 aliphatic rings. The molecule has 0 amide bonds. The number of nitrogens with zero attached hydrogens (tertiary/aromatic N) is 1. The second-order valence-electron chi connectivity index (χ2n) is 3.79. The third kappa shape index (κ3) is 4.83. The van der Waals surface area contributed by atoms with Crippen molar-refractivity contribution in [2.45, 2.75) is 50.7 Å². The average Bonchev–Trinajstić information content (AvgIpc) is 2.65. The number of aliphatic imine (C=N–C) groups is 1. The van der Waals surface area contributed by atoms with Crippen LogP contribution in [-0.4, -0.2) is 22.2 Å². The SMILES string of the molecule is CCCCCCCC1=NCC(CBr)S1. The first-order valence-electron chi connectivity index (χ1n) is 5.62. The first-order valence-corrected chi connectivity index (χ1v) is 7.63. The Hall–Kier alpha value is 0.500. The van der Waals surface area contributed by atoms with Crippen molar-refractivity contribution in [3.05, 3.63) is 0 Å². The van der Waals surface area contributed by atoms with E-state index in [1.54, 1.807) is 0 Å². The predicted molar refractivity (Wildman–Crippen MR) is 70.9 cm³/mol. The van der Waals surface area contributed by atoms with Gasteiger partial charge in [-0.25, -0.2) is 0 Å². The zero-order valence-electron chi connectivity index (χ0n) is 8.97. The first-order chi connectivity index (χ1) is 6.86. The molecule has 82 valence electrons. The quantitative estimate of drug-likeness (QED) is 0.501. The number of hydrogen-bond donors (Lipinski definition) is 0. The summed E-state index contributed by atoms with van der Waals surface area (Å²) in [6, 6.07) is 0. The summed E-state index contributed by atoms with van der Waals surface area (Å²) in [6.07, 6.45) is 8.06. The Balaban J connectivity index is 1.97. The molecule has 0 radical (unpaired) electrons. The van der Waals surface area contributed by atoms with Crippen LogP contribution in [0.15, 0.2) is 4.99 Å². The Morgan fingerprint density at radius 1 is 1.36 bits per heavy atom. The van der Waals surface area contributed by atoms with Crippen LogP contribution in [-0.2, 0) is 0 Å². The highest BCUT2D eigenvalue weighted by Gasteiger charge is 2.17. The molecule has 0 saturated carbocycles. The van der Waals surface area contributed by atoms with Crippen LogP contribution in [0.2, 0.25) is 0 Å². The van der Waals surface area contributed by atoms with Crippen molar-refractivity contribution in [1.82, 2.24) is 0 Å². The maximum atomic E-state index is 4.56. The van der Waals surface area contributed by atoms with Crippen LogP contribution in [0.25, 0.3) is 0 Å². The van der Waals surface area contributed by atoms with E-state index in [0.717, 1.165) is 11.9 Å². The highest BCUT2D eigenvalue weighted by atomic mass is 79.9. The topological polar surface area (TPSA) is 12.4 Å². The van der Waals surface area contributed by atoms with Gasteiger partial charge in [0.05, 0.1) is 11.6 Å². The first kappa shape index (κ1) is 12.6. The molecule has 1 heterocycles. The molecular weight excluding hydrogens is 258 g/mol. The molecule has 1 rings (SSSR count). The summed E-state index contributed by atoms with van der Waals surface area (Å²) in [5, 5.41) is 3.19. The summed E-state index contributed by atoms with van der Waals surface area (Å²) in [5.74, 6) is 0. The molecule has 0 bridgehead atoms. The Morgan fingerprint density at radius 3 is 2.79 bits per heavy atom. The van der Waals surface area contributed by atoms with Gasteiger partial charge in [0.25, 0.3) is 0 Å². The molecule has 0 aliphatic carbocycles. The van der Waals surface area contributed by atoms with Crippen LogP contribution >= 0.6 is 27.7 Å². The molecule has 0 fully saturated rings. The van der Waals surface area contributed by atoms with Crippen LogP contribution in [0.4, 0.5) is 0 Å². The van der Waals surface area contributed by atoms with Gasteiger partial charge in [0, 0.05) is 10.6 Å². The second-order valence-corrected chi connectivity index (χ2v) is 5.81. The molecule has 1 nitrogen and oxygen atoms in total. The largest absolute Gasteiger partial charge is 0.282 e. The van der Waals surface area contributed by atoms with Gasteiger partial charge in [-0.3, -0.25) is 4.99 Å². The van der Waals surface area contributed by atoms with Gasteiger partial charge in [-0.1, -0.05) is 48.5 Å². The van der Waals surface area contributed by atoms with Crippen molar-refractivity contribution in [2.75, 3.05) is 11.9 Å². The molecule has 1 atom stereocenters. The summed E-state index contributed by atoms with van der Waals surface area (Å²) in [6.45, 7) is 3.29. The van der Waals surface area contributed by atoms with E-state index in [0.29, 0.717) is 5.25 Å². The van der Waals surface area contributed by atoms with Crippen molar-refractivity contribution in [1.29, 1.82) is 0 Å². The highest BCUT2D eigenvalue weighted by molar-refractivity contribution is 9.09. The Bertz CT molecular complexity index is 182. The molecule has 0 N–H and O–H groups in total. The predicted octanol–water partition coefficient (Wildman–Crippen LogP) is 4.26. The summed E-state index contributed by atoms with van der Waals surface area (Å²) in [4.78, 5) is 4.56. The average molecular weight is 278 g/mol. The van der Waals surface area contributed by atoms with Gasteiger partial charge in [-0.15, -0.1) is 11.8 Å². The monoisotopic (exact) mass is 277 g/mol. The smallest absolute Gasteiger partial charge is 0.0680 e. The van der Waals surface area contributed by atoms with Gasteiger partial charge in [0.15, 0.2) is 0 Å². The third-order valence-electron chi connectivity index (χ3n) is 2.44. The van der Waals surface area contributed by atoms with E-state index in [2.05, 4.69) is 27.8 Å². The van der Waals surface area contributed by atoms with Crippen molar-refractivity contribution in [3.8, 4) is 0 Å². The molecule has 0 aromatic carbocycles. The van der Waals surface area contributed by atoms with Crippen LogP contribution in [0.3, 0.4) is 0 Å². The maximum absolute atomic E-state index is 4.56. The fraction of sp³-hybridized carbons (Fsp3) is 0.909. The molecule has 0 aromatic heterocycles. The van der Waals surface area contributed by atoms with Crippen molar-refractivity contribution >= 4 is 32.7 Å². The van der Waals surface area contributed by atoms with E-state index in [4.69, 9.17) is 0 Å². The maximum Gasteiger partial charge on any atom is 0.0680 e. The molecule has 0 saturated heterocycles. The molecule has 1 unspecified atom stereocenters. The van der Waals surface area contributed by atoms with Gasteiger partial charge in [-0.2, -0.15) is 0 Å². The zero-order valence-corrected chi connectivity index (χ0v) is 11.4. The standard InChI is InChI=1S/C11H20BrNS/c1-2-3-4-5-6-7-11-13-9-10(8-12)14-11/h10H,2-9H2,1H3. The molecule has 0 aromatic rings. The number of alkyl halides is 1. The molecular formula is C11H20BrNS. The summed E-state index contributed by atoms with van der Waals surface area (Å²) in [5.41, 5.74) is 0. The third-order valence-corrected chi connectivity index (χ3v) is 4.90.